The molecule has 0 aliphatic carbocycles. The summed E-state index contributed by atoms with van der Waals surface area (Å²) >= 11 is 0. The molecule has 1 aromatic rings. The first kappa shape index (κ1) is 7.59. The molecule has 0 unspecified atom stereocenters. The number of hydrogen-bond donors (Lipinski definition) is 0. The van der Waals surface area contributed by atoms with Crippen LogP contribution in [0.25, 0.3) is 0 Å². The van der Waals surface area contributed by atoms with Crippen LogP contribution in [0, 0.1) is 0 Å². The Morgan fingerprint density at radius 1 is 1.45 bits per heavy atom. The summed E-state index contributed by atoms with van der Waals surface area (Å²) < 4.78 is 0. The zero-order valence-electron chi connectivity index (χ0n) is 6.35. The molecule has 5 heteroatoms. The lowest BCUT2D eigenvalue weighted by molar-refractivity contribution is 0.0814. The highest BCUT2D eigenvalue weighted by Crippen LogP contribution is 1.89. The predicted molar refractivity (Wildman–Crippen MR) is 37.8 cm³/mol. The molecule has 11 heavy (non-hydrogen) atoms. The molecule has 0 fully saturated rings. The molecule has 0 aliphatic heterocycles. The van der Waals surface area contributed by atoms with Crippen molar-refractivity contribution in [2.45, 2.75) is 0 Å². The summed E-state index contributed by atoms with van der Waals surface area (Å²) in [5.74, 6) is -0.115. The highest BCUT2D eigenvalue weighted by atomic mass is 16.2. The Morgan fingerprint density at radius 2 is 2.18 bits per heavy atom. The molecule has 0 spiro atoms. The molecule has 1 aromatic heterocycles. The average molecular weight is 152 g/mol. The minimum atomic E-state index is -0.238. The summed E-state index contributed by atoms with van der Waals surface area (Å²) in [6, 6.07) is 0. The van der Waals surface area contributed by atoms with Crippen LogP contribution in [0.1, 0.15) is 10.6 Å². The third-order valence-corrected chi connectivity index (χ3v) is 1.08. The maximum Gasteiger partial charge on any atom is 0.293 e. The first-order valence-electron chi connectivity index (χ1n) is 3.07. The highest BCUT2D eigenvalue weighted by Gasteiger charge is 2.09. The lowest BCUT2D eigenvalue weighted by Crippen LogP contribution is -2.24. The number of nitrogens with zero attached hydrogens (tertiary/aromatic N) is 4. The van der Waals surface area contributed by atoms with Gasteiger partial charge in [0.05, 0.1) is 6.20 Å². The Balaban J connectivity index is 2.86. The second-order valence-electron chi connectivity index (χ2n) is 2.17. The van der Waals surface area contributed by atoms with Crippen molar-refractivity contribution in [3.8, 4) is 0 Å². The number of aromatic nitrogens is 3. The van der Waals surface area contributed by atoms with Crippen molar-refractivity contribution in [3.63, 3.8) is 0 Å². The molecule has 0 aromatic carbocycles. The SMILES string of the molecule is CN(C)C(=O)c1nccnn1. The second-order valence-corrected chi connectivity index (χ2v) is 2.17. The van der Waals surface area contributed by atoms with E-state index in [1.165, 1.54) is 17.3 Å². The predicted octanol–water partition coefficient (Wildman–Crippen LogP) is -0.427. The van der Waals surface area contributed by atoms with Crippen LogP contribution in [0.4, 0.5) is 0 Å². The molecule has 0 N–H and O–H groups in total. The van der Waals surface area contributed by atoms with E-state index >= 15 is 0 Å². The van der Waals surface area contributed by atoms with E-state index in [1.54, 1.807) is 14.1 Å². The number of hydrogen-bond acceptors (Lipinski definition) is 4. The van der Waals surface area contributed by atoms with Crippen LogP contribution in [0.2, 0.25) is 0 Å². The molecule has 0 bridgehead atoms. The van der Waals surface area contributed by atoms with Gasteiger partial charge < -0.3 is 4.90 Å². The lowest BCUT2D eigenvalue weighted by atomic mass is 10.5. The van der Waals surface area contributed by atoms with Gasteiger partial charge in [-0.15, -0.1) is 5.10 Å². The molecule has 1 amide bonds. The van der Waals surface area contributed by atoms with E-state index in [0.717, 1.165) is 0 Å². The number of carbonyl (C=O) groups excluding carboxylic acids is 1. The van der Waals surface area contributed by atoms with Crippen molar-refractivity contribution in [1.29, 1.82) is 0 Å². The Morgan fingerprint density at radius 3 is 2.64 bits per heavy atom. The van der Waals surface area contributed by atoms with Gasteiger partial charge in [0.1, 0.15) is 0 Å². The smallest absolute Gasteiger partial charge is 0.293 e. The second kappa shape index (κ2) is 3.05. The van der Waals surface area contributed by atoms with Crippen LogP contribution in [0.15, 0.2) is 12.4 Å². The van der Waals surface area contributed by atoms with Crippen LogP contribution in [0.3, 0.4) is 0 Å². The minimum Gasteiger partial charge on any atom is -0.342 e. The molecule has 0 radical (unpaired) electrons. The summed E-state index contributed by atoms with van der Waals surface area (Å²) in [7, 11) is 3.28. The van der Waals surface area contributed by atoms with Gasteiger partial charge in [-0.25, -0.2) is 4.98 Å². The topological polar surface area (TPSA) is 59.0 Å². The van der Waals surface area contributed by atoms with Crippen LogP contribution < -0.4 is 0 Å². The van der Waals surface area contributed by atoms with E-state index in [1.807, 2.05) is 0 Å². The fourth-order valence-electron chi connectivity index (χ4n) is 0.546. The Hall–Kier alpha value is -1.52. The van der Waals surface area contributed by atoms with Gasteiger partial charge in [0, 0.05) is 20.3 Å². The molecule has 0 aliphatic rings. The molecule has 0 atom stereocenters. The summed E-state index contributed by atoms with van der Waals surface area (Å²) in [6.45, 7) is 0. The van der Waals surface area contributed by atoms with Gasteiger partial charge in [-0.05, 0) is 0 Å². The Labute approximate surface area is 64.1 Å². The Bertz CT molecular complexity index is 246. The Kier molecular flexibility index (Phi) is 2.10. The van der Waals surface area contributed by atoms with Gasteiger partial charge in [0.2, 0.25) is 5.82 Å². The normalized spacial score (nSPS) is 9.27. The van der Waals surface area contributed by atoms with Crippen molar-refractivity contribution >= 4 is 5.91 Å². The molecule has 1 heterocycles. The van der Waals surface area contributed by atoms with Gasteiger partial charge in [-0.2, -0.15) is 5.10 Å². The van der Waals surface area contributed by atoms with E-state index in [9.17, 15) is 4.79 Å². The van der Waals surface area contributed by atoms with Gasteiger partial charge in [0.25, 0.3) is 5.91 Å². The van der Waals surface area contributed by atoms with E-state index in [0.29, 0.717) is 0 Å². The van der Waals surface area contributed by atoms with Crippen molar-refractivity contribution in [1.82, 2.24) is 20.1 Å². The van der Waals surface area contributed by atoms with Crippen molar-refractivity contribution in [2.24, 2.45) is 0 Å². The maximum absolute atomic E-state index is 11.1. The molecule has 58 valence electrons. The van der Waals surface area contributed by atoms with E-state index < -0.39 is 0 Å². The summed E-state index contributed by atoms with van der Waals surface area (Å²) in [6.07, 6.45) is 2.86. The standard InChI is InChI=1S/C6H8N4O/c1-10(2)6(11)5-7-3-4-8-9-5/h3-4H,1-2H3. The fourth-order valence-corrected chi connectivity index (χ4v) is 0.546. The highest BCUT2D eigenvalue weighted by molar-refractivity contribution is 5.89. The molecular weight excluding hydrogens is 144 g/mol. The van der Waals surface area contributed by atoms with Crippen molar-refractivity contribution in [2.75, 3.05) is 14.1 Å². The van der Waals surface area contributed by atoms with Gasteiger partial charge >= 0.3 is 0 Å². The third-order valence-electron chi connectivity index (χ3n) is 1.08. The largest absolute Gasteiger partial charge is 0.342 e. The minimum absolute atomic E-state index is 0.123. The summed E-state index contributed by atoms with van der Waals surface area (Å²) in [5.41, 5.74) is 0. The number of rotatable bonds is 1. The van der Waals surface area contributed by atoms with E-state index in [-0.39, 0.29) is 11.7 Å². The monoisotopic (exact) mass is 152 g/mol. The van der Waals surface area contributed by atoms with Crippen LogP contribution in [-0.4, -0.2) is 40.1 Å². The van der Waals surface area contributed by atoms with Gasteiger partial charge in [-0.1, -0.05) is 0 Å². The number of carbonyl (C=O) groups is 1. The summed E-state index contributed by atoms with van der Waals surface area (Å²) in [4.78, 5) is 16.2. The maximum atomic E-state index is 11.1. The molecule has 0 saturated carbocycles. The zero-order chi connectivity index (χ0) is 8.27. The average Bonchev–Trinajstić information content (AvgIpc) is 2.05. The zero-order valence-corrected chi connectivity index (χ0v) is 6.35. The first-order chi connectivity index (χ1) is 5.22. The van der Waals surface area contributed by atoms with Gasteiger partial charge in [0.15, 0.2) is 0 Å². The molecule has 5 nitrogen and oxygen atoms in total. The van der Waals surface area contributed by atoms with Crippen molar-refractivity contribution < 1.29 is 4.79 Å². The fraction of sp³-hybridized carbons (Fsp3) is 0.333. The molecular formula is C6H8N4O. The van der Waals surface area contributed by atoms with Gasteiger partial charge in [-0.3, -0.25) is 4.79 Å². The van der Waals surface area contributed by atoms with E-state index in [4.69, 9.17) is 0 Å². The van der Waals surface area contributed by atoms with Crippen molar-refractivity contribution in [3.05, 3.63) is 18.2 Å². The number of amides is 1. The third kappa shape index (κ3) is 1.70. The molecule has 0 saturated heterocycles. The first-order valence-corrected chi connectivity index (χ1v) is 3.07. The van der Waals surface area contributed by atoms with Crippen LogP contribution in [-0.2, 0) is 0 Å². The molecule has 1 rings (SSSR count). The van der Waals surface area contributed by atoms with Crippen LogP contribution in [0.5, 0.6) is 0 Å². The van der Waals surface area contributed by atoms with E-state index in [2.05, 4.69) is 15.2 Å². The lowest BCUT2D eigenvalue weighted by Gasteiger charge is -2.06. The summed E-state index contributed by atoms with van der Waals surface area (Å²) in [5, 5.41) is 7.08. The van der Waals surface area contributed by atoms with Crippen LogP contribution >= 0.6 is 0 Å². The quantitative estimate of drug-likeness (QED) is 0.548.